The van der Waals surface area contributed by atoms with E-state index in [-0.39, 0.29) is 18.4 Å². The average Bonchev–Trinajstić information content (AvgIpc) is 2.78. The van der Waals surface area contributed by atoms with Gasteiger partial charge >= 0.3 is 11.9 Å². The number of carbonyl (C=O) groups excluding carboxylic acids is 4. The molecule has 0 fully saturated rings. The van der Waals surface area contributed by atoms with E-state index < -0.39 is 30.5 Å². The molecule has 0 aliphatic rings. The number of anilines is 1. The first-order valence-corrected chi connectivity index (χ1v) is 10.4. The summed E-state index contributed by atoms with van der Waals surface area (Å²) in [6.07, 6.45) is 0.369. The molecule has 32 heavy (non-hydrogen) atoms. The van der Waals surface area contributed by atoms with Crippen LogP contribution in [-0.4, -0.2) is 43.0 Å². The van der Waals surface area contributed by atoms with Gasteiger partial charge in [-0.25, -0.2) is 9.59 Å². The van der Waals surface area contributed by atoms with Crippen LogP contribution in [0.5, 0.6) is 0 Å². The highest BCUT2D eigenvalue weighted by molar-refractivity contribution is 5.97. The summed E-state index contributed by atoms with van der Waals surface area (Å²) < 4.78 is 10.0. The van der Waals surface area contributed by atoms with Crippen LogP contribution in [0.1, 0.15) is 47.9 Å². The van der Waals surface area contributed by atoms with Gasteiger partial charge in [-0.3, -0.25) is 9.59 Å². The van der Waals surface area contributed by atoms with Crippen molar-refractivity contribution in [1.82, 2.24) is 5.32 Å². The molecule has 170 valence electrons. The van der Waals surface area contributed by atoms with Crippen LogP contribution in [0.2, 0.25) is 0 Å². The quantitative estimate of drug-likeness (QED) is 0.549. The fourth-order valence-electron chi connectivity index (χ4n) is 2.85. The Bertz CT molecular complexity index is 925. The summed E-state index contributed by atoms with van der Waals surface area (Å²) in [6, 6.07) is 13.8. The number of hydrogen-bond donors (Lipinski definition) is 2. The van der Waals surface area contributed by atoms with Gasteiger partial charge in [0.05, 0.1) is 12.2 Å². The smallest absolute Gasteiger partial charge is 0.338 e. The summed E-state index contributed by atoms with van der Waals surface area (Å²) >= 11 is 0. The fourth-order valence-corrected chi connectivity index (χ4v) is 2.85. The van der Waals surface area contributed by atoms with Crippen molar-refractivity contribution in [2.75, 3.05) is 18.5 Å². The molecular formula is C24H28N2O6. The van der Waals surface area contributed by atoms with Crippen molar-refractivity contribution < 1.29 is 28.7 Å². The molecule has 1 unspecified atom stereocenters. The van der Waals surface area contributed by atoms with Crippen LogP contribution in [-0.2, 0) is 19.1 Å². The largest absolute Gasteiger partial charge is 0.462 e. The first kappa shape index (κ1) is 24.6. The van der Waals surface area contributed by atoms with E-state index >= 15 is 0 Å². The van der Waals surface area contributed by atoms with Gasteiger partial charge < -0.3 is 20.1 Å². The van der Waals surface area contributed by atoms with Crippen molar-refractivity contribution in [3.05, 3.63) is 65.7 Å². The molecule has 0 bridgehead atoms. The minimum atomic E-state index is -0.876. The van der Waals surface area contributed by atoms with Gasteiger partial charge in [-0.15, -0.1) is 0 Å². The third-order valence-corrected chi connectivity index (χ3v) is 4.36. The zero-order chi connectivity index (χ0) is 23.5. The lowest BCUT2D eigenvalue weighted by atomic mass is 10.0. The molecule has 0 spiro atoms. The van der Waals surface area contributed by atoms with Crippen molar-refractivity contribution >= 4 is 29.4 Å². The van der Waals surface area contributed by atoms with Gasteiger partial charge in [0.1, 0.15) is 6.04 Å². The highest BCUT2D eigenvalue weighted by Crippen LogP contribution is 2.11. The van der Waals surface area contributed by atoms with Crippen molar-refractivity contribution in [2.24, 2.45) is 5.92 Å². The summed E-state index contributed by atoms with van der Waals surface area (Å²) in [5, 5.41) is 5.26. The van der Waals surface area contributed by atoms with E-state index in [0.29, 0.717) is 23.2 Å². The number of amides is 2. The predicted octanol–water partition coefficient (Wildman–Crippen LogP) is 3.19. The number of carbonyl (C=O) groups is 4. The molecule has 0 saturated heterocycles. The first-order chi connectivity index (χ1) is 15.3. The van der Waals surface area contributed by atoms with Gasteiger partial charge in [-0.05, 0) is 55.7 Å². The normalized spacial score (nSPS) is 11.4. The van der Waals surface area contributed by atoms with Gasteiger partial charge in [-0.2, -0.15) is 0 Å². The average molecular weight is 440 g/mol. The Morgan fingerprint density at radius 3 is 2.12 bits per heavy atom. The molecule has 0 aliphatic carbocycles. The predicted molar refractivity (Wildman–Crippen MR) is 119 cm³/mol. The molecule has 0 heterocycles. The zero-order valence-electron chi connectivity index (χ0n) is 18.4. The molecule has 2 aromatic carbocycles. The molecule has 8 heteroatoms. The molecule has 0 radical (unpaired) electrons. The highest BCUT2D eigenvalue weighted by Gasteiger charge is 2.24. The highest BCUT2D eigenvalue weighted by atomic mass is 16.5. The van der Waals surface area contributed by atoms with Gasteiger partial charge in [0.2, 0.25) is 0 Å². The van der Waals surface area contributed by atoms with Crippen LogP contribution in [0, 0.1) is 5.92 Å². The molecule has 0 aromatic heterocycles. The maximum absolute atomic E-state index is 12.5. The lowest BCUT2D eigenvalue weighted by Gasteiger charge is -2.19. The maximum Gasteiger partial charge on any atom is 0.338 e. The lowest BCUT2D eigenvalue weighted by molar-refractivity contribution is -0.149. The summed E-state index contributed by atoms with van der Waals surface area (Å²) in [4.78, 5) is 48.7. The number of esters is 2. The van der Waals surface area contributed by atoms with E-state index in [1.165, 1.54) is 12.1 Å². The topological polar surface area (TPSA) is 111 Å². The maximum atomic E-state index is 12.5. The fraction of sp³-hybridized carbons (Fsp3) is 0.333. The van der Waals surface area contributed by atoms with Crippen LogP contribution in [0.4, 0.5) is 5.69 Å². The third-order valence-electron chi connectivity index (χ3n) is 4.36. The molecule has 1 atom stereocenters. The number of benzene rings is 2. The van der Waals surface area contributed by atoms with Crippen LogP contribution in [0.15, 0.2) is 54.6 Å². The van der Waals surface area contributed by atoms with E-state index in [1.54, 1.807) is 49.4 Å². The molecule has 2 amide bonds. The summed E-state index contributed by atoms with van der Waals surface area (Å²) in [5.41, 5.74) is 1.23. The molecule has 2 aromatic rings. The molecule has 0 saturated carbocycles. The SMILES string of the molecule is CCOC(=O)c1ccc(NC(=O)COC(=O)C(CC(C)C)NC(=O)c2ccccc2)cc1. The Balaban J connectivity index is 1.90. The summed E-state index contributed by atoms with van der Waals surface area (Å²) in [5.74, 6) is -1.95. The van der Waals surface area contributed by atoms with E-state index in [1.807, 2.05) is 13.8 Å². The number of hydrogen-bond acceptors (Lipinski definition) is 6. The van der Waals surface area contributed by atoms with Gasteiger partial charge in [0.15, 0.2) is 6.61 Å². The van der Waals surface area contributed by atoms with Crippen LogP contribution < -0.4 is 10.6 Å². The van der Waals surface area contributed by atoms with Gasteiger partial charge in [0, 0.05) is 11.3 Å². The summed E-state index contributed by atoms with van der Waals surface area (Å²) in [7, 11) is 0. The molecular weight excluding hydrogens is 412 g/mol. The minimum Gasteiger partial charge on any atom is -0.462 e. The van der Waals surface area contributed by atoms with Crippen molar-refractivity contribution in [3.63, 3.8) is 0 Å². The van der Waals surface area contributed by atoms with Crippen molar-refractivity contribution in [3.8, 4) is 0 Å². The van der Waals surface area contributed by atoms with Crippen molar-refractivity contribution in [2.45, 2.75) is 33.2 Å². The standard InChI is InChI=1S/C24H28N2O6/c1-4-31-23(29)18-10-12-19(13-11-18)25-21(27)15-32-24(30)20(14-16(2)3)26-22(28)17-8-6-5-7-9-17/h5-13,16,20H,4,14-15H2,1-3H3,(H,25,27)(H,26,28). The number of rotatable bonds is 10. The molecule has 2 rings (SSSR count). The van der Waals surface area contributed by atoms with E-state index in [2.05, 4.69) is 10.6 Å². The van der Waals surface area contributed by atoms with Crippen molar-refractivity contribution in [1.29, 1.82) is 0 Å². The Morgan fingerprint density at radius 2 is 1.53 bits per heavy atom. The van der Waals surface area contributed by atoms with E-state index in [9.17, 15) is 19.2 Å². The van der Waals surface area contributed by atoms with Gasteiger partial charge in [0.25, 0.3) is 11.8 Å². The first-order valence-electron chi connectivity index (χ1n) is 10.4. The third kappa shape index (κ3) is 7.86. The number of ether oxygens (including phenoxy) is 2. The lowest BCUT2D eigenvalue weighted by Crippen LogP contribution is -2.43. The monoisotopic (exact) mass is 440 g/mol. The van der Waals surface area contributed by atoms with Crippen LogP contribution in [0.25, 0.3) is 0 Å². The van der Waals surface area contributed by atoms with E-state index in [4.69, 9.17) is 9.47 Å². The second-order valence-electron chi connectivity index (χ2n) is 7.48. The zero-order valence-corrected chi connectivity index (χ0v) is 18.4. The van der Waals surface area contributed by atoms with E-state index in [0.717, 1.165) is 0 Å². The molecule has 0 aliphatic heterocycles. The Hall–Kier alpha value is -3.68. The Kier molecular flexibility index (Phi) is 9.41. The minimum absolute atomic E-state index is 0.121. The molecule has 8 nitrogen and oxygen atoms in total. The van der Waals surface area contributed by atoms with Crippen LogP contribution >= 0.6 is 0 Å². The molecule has 2 N–H and O–H groups in total. The van der Waals surface area contributed by atoms with Gasteiger partial charge in [-0.1, -0.05) is 32.0 Å². The van der Waals surface area contributed by atoms with Crippen LogP contribution in [0.3, 0.4) is 0 Å². The Morgan fingerprint density at radius 1 is 0.875 bits per heavy atom. The summed E-state index contributed by atoms with van der Waals surface area (Å²) in [6.45, 7) is 5.32. The second kappa shape index (κ2) is 12.2. The second-order valence-corrected chi connectivity index (χ2v) is 7.48. The Labute approximate surface area is 187 Å². The number of nitrogens with one attached hydrogen (secondary N) is 2.